The molecule has 34 heavy (non-hydrogen) atoms. The fraction of sp³-hybridized carbons (Fsp3) is 0.333. The van der Waals surface area contributed by atoms with E-state index in [2.05, 4.69) is 51.4 Å². The zero-order valence-electron chi connectivity index (χ0n) is 19.7. The van der Waals surface area contributed by atoms with Gasteiger partial charge in [0.1, 0.15) is 5.00 Å². The van der Waals surface area contributed by atoms with E-state index in [-0.39, 0.29) is 17.7 Å². The molecule has 1 N–H and O–H groups in total. The molecule has 1 amide bonds. The first-order chi connectivity index (χ1) is 16.3. The maximum atomic E-state index is 12.8. The van der Waals surface area contributed by atoms with Crippen molar-refractivity contribution in [3.05, 3.63) is 45.6 Å². The van der Waals surface area contributed by atoms with Crippen LogP contribution in [0.3, 0.4) is 0 Å². The molecule has 0 atom stereocenters. The Morgan fingerprint density at radius 3 is 2.71 bits per heavy atom. The van der Waals surface area contributed by atoms with Crippen LogP contribution in [0.15, 0.2) is 34.8 Å². The highest BCUT2D eigenvalue weighted by Gasteiger charge is 2.24. The van der Waals surface area contributed by atoms with Gasteiger partial charge in [0.05, 0.1) is 18.4 Å². The first-order valence-electron chi connectivity index (χ1n) is 10.9. The Balaban J connectivity index is 1.55. The molecular weight excluding hydrogens is 488 g/mol. The summed E-state index contributed by atoms with van der Waals surface area (Å²) >= 11 is 4.41. The molecule has 0 bridgehead atoms. The molecule has 4 rings (SSSR count). The number of rotatable bonds is 8. The van der Waals surface area contributed by atoms with Crippen LogP contribution in [0.4, 0.5) is 5.00 Å². The molecule has 178 valence electrons. The van der Waals surface area contributed by atoms with E-state index in [0.717, 1.165) is 27.2 Å². The minimum absolute atomic E-state index is 0.118. The number of esters is 1. The Morgan fingerprint density at radius 2 is 2.00 bits per heavy atom. The fourth-order valence-corrected chi connectivity index (χ4v) is 6.83. The normalized spacial score (nSPS) is 11.4. The first kappa shape index (κ1) is 24.4. The average Bonchev–Trinajstić information content (AvgIpc) is 3.51. The van der Waals surface area contributed by atoms with E-state index in [9.17, 15) is 9.59 Å². The van der Waals surface area contributed by atoms with Crippen molar-refractivity contribution in [2.45, 2.75) is 45.3 Å². The summed E-state index contributed by atoms with van der Waals surface area (Å²) in [6, 6.07) is 8.35. The molecule has 7 nitrogen and oxygen atoms in total. The van der Waals surface area contributed by atoms with E-state index in [4.69, 9.17) is 4.74 Å². The van der Waals surface area contributed by atoms with Crippen LogP contribution >= 0.6 is 34.4 Å². The minimum atomic E-state index is -0.434. The van der Waals surface area contributed by atoms with Gasteiger partial charge in [0, 0.05) is 31.9 Å². The van der Waals surface area contributed by atoms with E-state index in [1.165, 1.54) is 34.9 Å². The Labute approximate surface area is 210 Å². The lowest BCUT2D eigenvalue weighted by atomic mass is 10.1. The molecule has 1 aromatic carbocycles. The maximum Gasteiger partial charge on any atom is 0.341 e. The van der Waals surface area contributed by atoms with Gasteiger partial charge in [0.2, 0.25) is 5.91 Å². The Bertz CT molecular complexity index is 1350. The molecule has 4 aromatic rings. The number of aromatic nitrogens is 3. The number of hydrogen-bond acceptors (Lipinski definition) is 8. The Kier molecular flexibility index (Phi) is 7.39. The van der Waals surface area contributed by atoms with Gasteiger partial charge in [-0.15, -0.1) is 32.9 Å². The zero-order chi connectivity index (χ0) is 24.4. The van der Waals surface area contributed by atoms with Crippen LogP contribution in [0, 0.1) is 6.92 Å². The lowest BCUT2D eigenvalue weighted by molar-refractivity contribution is -0.113. The summed E-state index contributed by atoms with van der Waals surface area (Å²) in [6.45, 7) is 8.08. The highest BCUT2D eigenvalue weighted by molar-refractivity contribution is 7.99. The SMILES string of the molecule is CCc1c(C)sc(NC(=O)CSc2nnc(-c3csc4ccccc34)n2C(C)C)c1C(=O)OC. The number of thioether (sulfide) groups is 1. The number of ether oxygens (including phenoxy) is 1. The summed E-state index contributed by atoms with van der Waals surface area (Å²) in [7, 11) is 1.35. The standard InChI is InChI=1S/C24H26N4O3S3/c1-6-15-14(4)34-22(20(15)23(30)31-5)25-19(29)12-33-24-27-26-21(28(24)13(2)3)17-11-32-18-10-8-7-9-16(17)18/h7-11,13H,6,12H2,1-5H3,(H,25,29). The molecule has 0 aliphatic carbocycles. The number of aryl methyl sites for hydroxylation is 1. The van der Waals surface area contributed by atoms with Crippen LogP contribution in [0.2, 0.25) is 0 Å². The number of carbonyl (C=O) groups excluding carboxylic acids is 2. The number of hydrogen-bond donors (Lipinski definition) is 1. The molecule has 0 saturated carbocycles. The van der Waals surface area contributed by atoms with E-state index in [0.29, 0.717) is 22.1 Å². The molecule has 0 saturated heterocycles. The third kappa shape index (κ3) is 4.62. The summed E-state index contributed by atoms with van der Waals surface area (Å²) in [6.07, 6.45) is 0.689. The van der Waals surface area contributed by atoms with Crippen LogP contribution in [0.1, 0.15) is 47.6 Å². The molecule has 0 aliphatic rings. The summed E-state index contributed by atoms with van der Waals surface area (Å²) in [5.74, 6) is 0.301. The fourth-order valence-electron chi connectivity index (χ4n) is 3.88. The van der Waals surface area contributed by atoms with Crippen molar-refractivity contribution in [3.8, 4) is 11.4 Å². The Morgan fingerprint density at radius 1 is 1.24 bits per heavy atom. The van der Waals surface area contributed by atoms with Crippen LogP contribution in [-0.4, -0.2) is 39.5 Å². The van der Waals surface area contributed by atoms with E-state index < -0.39 is 5.97 Å². The van der Waals surface area contributed by atoms with Gasteiger partial charge in [-0.3, -0.25) is 9.36 Å². The van der Waals surface area contributed by atoms with Gasteiger partial charge in [0.15, 0.2) is 11.0 Å². The molecule has 0 fully saturated rings. The zero-order valence-corrected chi connectivity index (χ0v) is 22.1. The summed E-state index contributed by atoms with van der Waals surface area (Å²) in [5, 5.41) is 16.2. The predicted octanol–water partition coefficient (Wildman–Crippen LogP) is 6.19. The molecule has 0 unspecified atom stereocenters. The van der Waals surface area contributed by atoms with Crippen molar-refractivity contribution in [2.75, 3.05) is 18.2 Å². The lowest BCUT2D eigenvalue weighted by Crippen LogP contribution is -2.17. The minimum Gasteiger partial charge on any atom is -0.465 e. The second-order valence-electron chi connectivity index (χ2n) is 7.94. The van der Waals surface area contributed by atoms with Gasteiger partial charge in [-0.1, -0.05) is 36.9 Å². The van der Waals surface area contributed by atoms with Crippen LogP contribution in [0.25, 0.3) is 21.5 Å². The number of nitrogens with zero attached hydrogens (tertiary/aromatic N) is 3. The molecule has 3 aromatic heterocycles. The largest absolute Gasteiger partial charge is 0.465 e. The van der Waals surface area contributed by atoms with E-state index in [1.807, 2.05) is 26.0 Å². The van der Waals surface area contributed by atoms with Gasteiger partial charge in [-0.25, -0.2) is 4.79 Å². The molecular formula is C24H26N4O3S3. The van der Waals surface area contributed by atoms with Gasteiger partial charge in [-0.05, 0) is 38.8 Å². The number of thiophene rings is 2. The number of amides is 1. The van der Waals surface area contributed by atoms with Crippen LogP contribution in [-0.2, 0) is 16.0 Å². The molecule has 10 heteroatoms. The summed E-state index contributed by atoms with van der Waals surface area (Å²) < 4.78 is 8.21. The second kappa shape index (κ2) is 10.3. The number of benzene rings is 1. The number of carbonyl (C=O) groups is 2. The number of fused-ring (bicyclic) bond motifs is 1. The topological polar surface area (TPSA) is 86.1 Å². The molecule has 0 spiro atoms. The van der Waals surface area contributed by atoms with Crippen LogP contribution in [0.5, 0.6) is 0 Å². The number of nitrogens with one attached hydrogen (secondary N) is 1. The molecule has 0 aliphatic heterocycles. The van der Waals surface area contributed by atoms with Crippen molar-refractivity contribution < 1.29 is 14.3 Å². The predicted molar refractivity (Wildman–Crippen MR) is 140 cm³/mol. The van der Waals surface area contributed by atoms with Crippen molar-refractivity contribution in [1.82, 2.24) is 14.8 Å². The second-order valence-corrected chi connectivity index (χ2v) is 11.0. The Hall–Kier alpha value is -2.69. The van der Waals surface area contributed by atoms with E-state index >= 15 is 0 Å². The highest BCUT2D eigenvalue weighted by Crippen LogP contribution is 2.37. The monoisotopic (exact) mass is 514 g/mol. The van der Waals surface area contributed by atoms with Crippen molar-refractivity contribution in [1.29, 1.82) is 0 Å². The van der Waals surface area contributed by atoms with Gasteiger partial charge in [0.25, 0.3) is 0 Å². The summed E-state index contributed by atoms with van der Waals surface area (Å²) in [5.41, 5.74) is 2.40. The van der Waals surface area contributed by atoms with Crippen LogP contribution < -0.4 is 5.32 Å². The maximum absolute atomic E-state index is 12.8. The molecule has 0 radical (unpaired) electrons. The van der Waals surface area contributed by atoms with Crippen molar-refractivity contribution >= 4 is 61.4 Å². The van der Waals surface area contributed by atoms with Crippen molar-refractivity contribution in [3.63, 3.8) is 0 Å². The third-order valence-corrected chi connectivity index (χ3v) is 8.41. The smallest absolute Gasteiger partial charge is 0.341 e. The molecule has 3 heterocycles. The van der Waals surface area contributed by atoms with Gasteiger partial charge in [-0.2, -0.15) is 0 Å². The van der Waals surface area contributed by atoms with Gasteiger partial charge >= 0.3 is 5.97 Å². The summed E-state index contributed by atoms with van der Waals surface area (Å²) in [4.78, 5) is 26.1. The average molecular weight is 515 g/mol. The quantitative estimate of drug-likeness (QED) is 0.223. The number of anilines is 1. The van der Waals surface area contributed by atoms with Gasteiger partial charge < -0.3 is 10.1 Å². The third-order valence-electron chi connectivity index (χ3n) is 5.44. The van der Waals surface area contributed by atoms with Crippen molar-refractivity contribution in [2.24, 2.45) is 0 Å². The van der Waals surface area contributed by atoms with E-state index in [1.54, 1.807) is 11.3 Å². The first-order valence-corrected chi connectivity index (χ1v) is 13.6. The lowest BCUT2D eigenvalue weighted by Gasteiger charge is -2.13. The highest BCUT2D eigenvalue weighted by atomic mass is 32.2. The number of methoxy groups -OCH3 is 1.